The summed E-state index contributed by atoms with van der Waals surface area (Å²) in [5.41, 5.74) is 5.69. The van der Waals surface area contributed by atoms with Crippen LogP contribution in [0.3, 0.4) is 0 Å². The summed E-state index contributed by atoms with van der Waals surface area (Å²) < 4.78 is 17.8. The molecule has 0 radical (unpaired) electrons. The van der Waals surface area contributed by atoms with E-state index in [1.165, 1.54) is 6.20 Å². The molecule has 0 saturated carbocycles. The van der Waals surface area contributed by atoms with E-state index in [4.69, 9.17) is 10.5 Å². The summed E-state index contributed by atoms with van der Waals surface area (Å²) in [6, 6.07) is 0.942. The minimum atomic E-state index is -0.543. The van der Waals surface area contributed by atoms with Gasteiger partial charge in [-0.1, -0.05) is 0 Å². The molecule has 1 rings (SSSR count). The SMILES string of the molecule is COCCC(CN)NC(=O)c1cncc(F)c1. The second-order valence-electron chi connectivity index (χ2n) is 3.58. The first-order chi connectivity index (χ1) is 8.17. The number of aromatic nitrogens is 1. The molecule has 1 heterocycles. The van der Waals surface area contributed by atoms with Crippen LogP contribution in [0, 0.1) is 5.82 Å². The summed E-state index contributed by atoms with van der Waals surface area (Å²) in [6.07, 6.45) is 2.96. The molecule has 0 aliphatic rings. The zero-order valence-electron chi connectivity index (χ0n) is 9.65. The van der Waals surface area contributed by atoms with Gasteiger partial charge in [-0.3, -0.25) is 9.78 Å². The Bertz CT molecular complexity index is 373. The number of hydrogen-bond donors (Lipinski definition) is 2. The van der Waals surface area contributed by atoms with Gasteiger partial charge in [0.15, 0.2) is 0 Å². The number of carbonyl (C=O) groups excluding carboxylic acids is 1. The number of nitrogens with zero attached hydrogens (tertiary/aromatic N) is 1. The van der Waals surface area contributed by atoms with Gasteiger partial charge < -0.3 is 15.8 Å². The first-order valence-corrected chi connectivity index (χ1v) is 5.27. The maximum absolute atomic E-state index is 12.9. The van der Waals surface area contributed by atoms with Crippen molar-refractivity contribution in [2.75, 3.05) is 20.3 Å². The molecular formula is C11H16FN3O2. The molecule has 17 heavy (non-hydrogen) atoms. The smallest absolute Gasteiger partial charge is 0.253 e. The highest BCUT2D eigenvalue weighted by Crippen LogP contribution is 2.02. The molecule has 0 bridgehead atoms. The van der Waals surface area contributed by atoms with E-state index in [1.54, 1.807) is 7.11 Å². The van der Waals surface area contributed by atoms with Crippen LogP contribution >= 0.6 is 0 Å². The molecule has 1 aromatic heterocycles. The van der Waals surface area contributed by atoms with Crippen LogP contribution in [0.5, 0.6) is 0 Å². The number of rotatable bonds is 6. The maximum Gasteiger partial charge on any atom is 0.253 e. The van der Waals surface area contributed by atoms with Crippen LogP contribution in [0.2, 0.25) is 0 Å². The Labute approximate surface area is 99.2 Å². The van der Waals surface area contributed by atoms with Crippen molar-refractivity contribution in [2.24, 2.45) is 5.73 Å². The third-order valence-electron chi connectivity index (χ3n) is 2.26. The highest BCUT2D eigenvalue weighted by molar-refractivity contribution is 5.94. The predicted molar refractivity (Wildman–Crippen MR) is 61.0 cm³/mol. The Balaban J connectivity index is 2.58. The summed E-state index contributed by atoms with van der Waals surface area (Å²) in [7, 11) is 1.58. The first kappa shape index (κ1) is 13.5. The standard InChI is InChI=1S/C11H16FN3O2/c1-17-3-2-10(5-13)15-11(16)8-4-9(12)7-14-6-8/h4,6-7,10H,2-3,5,13H2,1H3,(H,15,16). The van der Waals surface area contributed by atoms with Gasteiger partial charge in [-0.2, -0.15) is 0 Å². The van der Waals surface area contributed by atoms with Crippen LogP contribution < -0.4 is 11.1 Å². The van der Waals surface area contributed by atoms with Gasteiger partial charge >= 0.3 is 0 Å². The zero-order valence-corrected chi connectivity index (χ0v) is 9.65. The number of ether oxygens (including phenoxy) is 1. The third kappa shape index (κ3) is 4.46. The van der Waals surface area contributed by atoms with Crippen molar-refractivity contribution >= 4 is 5.91 Å². The fourth-order valence-electron chi connectivity index (χ4n) is 1.31. The summed E-state index contributed by atoms with van der Waals surface area (Å²) in [4.78, 5) is 15.3. The topological polar surface area (TPSA) is 77.2 Å². The number of pyridine rings is 1. The lowest BCUT2D eigenvalue weighted by Crippen LogP contribution is -2.41. The molecule has 0 spiro atoms. The van der Waals surface area contributed by atoms with Crippen LogP contribution in [-0.4, -0.2) is 37.2 Å². The fourth-order valence-corrected chi connectivity index (χ4v) is 1.31. The molecule has 0 aliphatic heterocycles. The number of nitrogens with two attached hydrogens (primary N) is 1. The maximum atomic E-state index is 12.9. The molecule has 1 unspecified atom stereocenters. The van der Waals surface area contributed by atoms with Gasteiger partial charge in [0, 0.05) is 32.5 Å². The van der Waals surface area contributed by atoms with E-state index >= 15 is 0 Å². The molecule has 0 aromatic carbocycles. The van der Waals surface area contributed by atoms with Crippen molar-refractivity contribution in [1.29, 1.82) is 0 Å². The number of nitrogens with one attached hydrogen (secondary N) is 1. The van der Waals surface area contributed by atoms with Crippen LogP contribution in [0.4, 0.5) is 4.39 Å². The molecule has 5 nitrogen and oxygen atoms in total. The number of halogens is 1. The van der Waals surface area contributed by atoms with Crippen molar-refractivity contribution in [1.82, 2.24) is 10.3 Å². The highest BCUT2D eigenvalue weighted by Gasteiger charge is 2.12. The number of carbonyl (C=O) groups is 1. The highest BCUT2D eigenvalue weighted by atomic mass is 19.1. The largest absolute Gasteiger partial charge is 0.385 e. The lowest BCUT2D eigenvalue weighted by Gasteiger charge is -2.16. The van der Waals surface area contributed by atoms with Crippen molar-refractivity contribution < 1.29 is 13.9 Å². The summed E-state index contributed by atoms with van der Waals surface area (Å²) in [5.74, 6) is -0.928. The van der Waals surface area contributed by atoms with Gasteiger partial charge in [-0.05, 0) is 12.5 Å². The Morgan fingerprint density at radius 3 is 3.00 bits per heavy atom. The second kappa shape index (κ2) is 6.93. The van der Waals surface area contributed by atoms with E-state index < -0.39 is 5.82 Å². The van der Waals surface area contributed by atoms with E-state index in [2.05, 4.69) is 10.3 Å². The summed E-state index contributed by atoms with van der Waals surface area (Å²) in [6.45, 7) is 0.807. The Hall–Kier alpha value is -1.53. The van der Waals surface area contributed by atoms with Crippen molar-refractivity contribution in [3.8, 4) is 0 Å². The molecule has 6 heteroatoms. The van der Waals surface area contributed by atoms with Gasteiger partial charge in [0.05, 0.1) is 11.8 Å². The fraction of sp³-hybridized carbons (Fsp3) is 0.455. The number of methoxy groups -OCH3 is 1. The molecule has 1 aromatic rings. The van der Waals surface area contributed by atoms with Gasteiger partial charge in [-0.25, -0.2) is 4.39 Å². The summed E-state index contributed by atoms with van der Waals surface area (Å²) in [5, 5.41) is 2.69. The predicted octanol–water partition coefficient (Wildman–Crippen LogP) is 0.314. The minimum absolute atomic E-state index is 0.181. The van der Waals surface area contributed by atoms with Crippen molar-refractivity contribution in [3.63, 3.8) is 0 Å². The molecule has 3 N–H and O–H groups in total. The average molecular weight is 241 g/mol. The van der Waals surface area contributed by atoms with E-state index in [1.807, 2.05) is 0 Å². The Morgan fingerprint density at radius 1 is 1.65 bits per heavy atom. The first-order valence-electron chi connectivity index (χ1n) is 5.27. The van der Waals surface area contributed by atoms with Crippen LogP contribution in [0.15, 0.2) is 18.5 Å². The van der Waals surface area contributed by atoms with E-state index in [9.17, 15) is 9.18 Å². The average Bonchev–Trinajstić information content (AvgIpc) is 2.34. The second-order valence-corrected chi connectivity index (χ2v) is 3.58. The molecule has 0 fully saturated rings. The molecule has 1 amide bonds. The monoisotopic (exact) mass is 241 g/mol. The lowest BCUT2D eigenvalue weighted by atomic mass is 10.2. The summed E-state index contributed by atoms with van der Waals surface area (Å²) >= 11 is 0. The van der Waals surface area contributed by atoms with E-state index in [0.717, 1.165) is 12.3 Å². The lowest BCUT2D eigenvalue weighted by molar-refractivity contribution is 0.0926. The quantitative estimate of drug-likeness (QED) is 0.751. The third-order valence-corrected chi connectivity index (χ3v) is 2.26. The van der Waals surface area contributed by atoms with E-state index in [0.29, 0.717) is 19.6 Å². The molecule has 0 aliphatic carbocycles. The van der Waals surface area contributed by atoms with Crippen molar-refractivity contribution in [3.05, 3.63) is 29.8 Å². The normalized spacial score (nSPS) is 12.2. The van der Waals surface area contributed by atoms with Crippen LogP contribution in [0.25, 0.3) is 0 Å². The van der Waals surface area contributed by atoms with E-state index in [-0.39, 0.29) is 17.5 Å². The van der Waals surface area contributed by atoms with Gasteiger partial charge in [-0.15, -0.1) is 0 Å². The molecule has 94 valence electrons. The molecule has 0 saturated heterocycles. The minimum Gasteiger partial charge on any atom is -0.385 e. The number of amides is 1. The Morgan fingerprint density at radius 2 is 2.41 bits per heavy atom. The van der Waals surface area contributed by atoms with Gasteiger partial charge in [0.2, 0.25) is 0 Å². The number of hydrogen-bond acceptors (Lipinski definition) is 4. The zero-order chi connectivity index (χ0) is 12.7. The van der Waals surface area contributed by atoms with Crippen LogP contribution in [-0.2, 0) is 4.74 Å². The molecule has 1 atom stereocenters. The Kier molecular flexibility index (Phi) is 5.51. The van der Waals surface area contributed by atoms with Gasteiger partial charge in [0.1, 0.15) is 5.82 Å². The molecular weight excluding hydrogens is 225 g/mol. The van der Waals surface area contributed by atoms with Crippen molar-refractivity contribution in [2.45, 2.75) is 12.5 Å². The van der Waals surface area contributed by atoms with Gasteiger partial charge in [0.25, 0.3) is 5.91 Å². The van der Waals surface area contributed by atoms with Crippen LogP contribution in [0.1, 0.15) is 16.8 Å².